The van der Waals surface area contributed by atoms with Crippen LogP contribution in [0.15, 0.2) is 48.8 Å². The Morgan fingerprint density at radius 1 is 0.909 bits per heavy atom. The number of benzene rings is 1. The number of nitrogens with zero attached hydrogens (tertiary/aromatic N) is 1. The summed E-state index contributed by atoms with van der Waals surface area (Å²) in [6.45, 7) is 7.48. The Balaban J connectivity index is 1.83. The summed E-state index contributed by atoms with van der Waals surface area (Å²) in [5.41, 5.74) is 3.60. The molecule has 0 radical (unpaired) electrons. The minimum atomic E-state index is 0.168. The Hall–Kier alpha value is -1.71. The van der Waals surface area contributed by atoms with Gasteiger partial charge in [0.05, 0.1) is 25.4 Å². The molecule has 1 atom stereocenters. The third kappa shape index (κ3) is 5.96. The number of ether oxygens (including phenoxy) is 2. The van der Waals surface area contributed by atoms with Crippen LogP contribution in [0, 0.1) is 0 Å². The Labute approximate surface area is 133 Å². The Morgan fingerprint density at radius 2 is 1.64 bits per heavy atom. The lowest BCUT2D eigenvalue weighted by Gasteiger charge is -2.14. The van der Waals surface area contributed by atoms with Gasteiger partial charge in [0, 0.05) is 12.4 Å². The van der Waals surface area contributed by atoms with Crippen LogP contribution in [0.5, 0.6) is 0 Å². The van der Waals surface area contributed by atoms with Crippen molar-refractivity contribution >= 4 is 0 Å². The average Bonchev–Trinajstić information content (AvgIpc) is 2.52. The maximum absolute atomic E-state index is 5.90. The van der Waals surface area contributed by atoms with E-state index in [9.17, 15) is 0 Å². The molecular formula is C19H25NO2. The molecule has 118 valence electrons. The summed E-state index contributed by atoms with van der Waals surface area (Å²) in [6, 6.07) is 12.5. The van der Waals surface area contributed by atoms with Gasteiger partial charge >= 0.3 is 0 Å². The van der Waals surface area contributed by atoms with Gasteiger partial charge in [-0.2, -0.15) is 0 Å². The molecule has 2 aromatic rings. The minimum Gasteiger partial charge on any atom is -0.374 e. The third-order valence-corrected chi connectivity index (χ3v) is 3.36. The van der Waals surface area contributed by atoms with Gasteiger partial charge in [-0.15, -0.1) is 0 Å². The van der Waals surface area contributed by atoms with Crippen LogP contribution in [0.25, 0.3) is 0 Å². The molecule has 2 rings (SSSR count). The van der Waals surface area contributed by atoms with Crippen molar-refractivity contribution in [2.45, 2.75) is 52.6 Å². The van der Waals surface area contributed by atoms with Gasteiger partial charge in [-0.25, -0.2) is 0 Å². The van der Waals surface area contributed by atoms with Crippen LogP contribution < -0.4 is 0 Å². The Kier molecular flexibility index (Phi) is 6.56. The van der Waals surface area contributed by atoms with E-state index in [0.717, 1.165) is 12.0 Å². The number of hydrogen-bond donors (Lipinski definition) is 0. The van der Waals surface area contributed by atoms with E-state index < -0.39 is 0 Å². The molecule has 0 amide bonds. The molecular weight excluding hydrogens is 274 g/mol. The summed E-state index contributed by atoms with van der Waals surface area (Å²) in [5, 5.41) is 0. The number of aromatic nitrogens is 1. The molecule has 1 aromatic heterocycles. The zero-order valence-electron chi connectivity index (χ0n) is 13.7. The molecule has 22 heavy (non-hydrogen) atoms. The monoisotopic (exact) mass is 299 g/mol. The molecule has 0 N–H and O–H groups in total. The topological polar surface area (TPSA) is 31.4 Å². The fourth-order valence-corrected chi connectivity index (χ4v) is 2.22. The highest BCUT2D eigenvalue weighted by Gasteiger charge is 2.06. The molecule has 3 heteroatoms. The molecule has 0 aliphatic carbocycles. The van der Waals surface area contributed by atoms with E-state index in [-0.39, 0.29) is 12.2 Å². The van der Waals surface area contributed by atoms with Gasteiger partial charge in [-0.3, -0.25) is 4.98 Å². The van der Waals surface area contributed by atoms with Crippen molar-refractivity contribution in [1.29, 1.82) is 0 Å². The van der Waals surface area contributed by atoms with Gasteiger partial charge in [0.2, 0.25) is 0 Å². The maximum Gasteiger partial charge on any atom is 0.0735 e. The predicted molar refractivity (Wildman–Crippen MR) is 88.6 cm³/mol. The van der Waals surface area contributed by atoms with Gasteiger partial charge < -0.3 is 9.47 Å². The number of rotatable bonds is 8. The van der Waals surface area contributed by atoms with E-state index in [1.54, 1.807) is 6.20 Å². The second-order valence-corrected chi connectivity index (χ2v) is 5.87. The number of pyridine rings is 1. The summed E-state index contributed by atoms with van der Waals surface area (Å²) < 4.78 is 11.6. The standard InChI is InChI=1S/C19H25NO2/c1-15(2)21-13-18-7-4-6-17(11-18)10-16(3)22-14-19-8-5-9-20-12-19/h4-9,11-12,15-16H,10,13-14H2,1-3H3. The second-order valence-electron chi connectivity index (χ2n) is 5.87. The molecule has 0 saturated heterocycles. The van der Waals surface area contributed by atoms with Crippen LogP contribution in [-0.2, 0) is 29.1 Å². The lowest BCUT2D eigenvalue weighted by atomic mass is 10.1. The lowest BCUT2D eigenvalue weighted by molar-refractivity contribution is 0.0531. The molecule has 0 saturated carbocycles. The van der Waals surface area contributed by atoms with Crippen molar-refractivity contribution in [3.63, 3.8) is 0 Å². The predicted octanol–water partition coefficient (Wildman–Crippen LogP) is 4.15. The molecule has 0 aliphatic rings. The fraction of sp³-hybridized carbons (Fsp3) is 0.421. The van der Waals surface area contributed by atoms with Crippen LogP contribution in [0.3, 0.4) is 0 Å². The highest BCUT2D eigenvalue weighted by atomic mass is 16.5. The van der Waals surface area contributed by atoms with Crippen molar-refractivity contribution in [2.75, 3.05) is 0 Å². The Morgan fingerprint density at radius 3 is 2.36 bits per heavy atom. The first-order valence-electron chi connectivity index (χ1n) is 7.83. The molecule has 1 unspecified atom stereocenters. The molecule has 1 heterocycles. The van der Waals surface area contributed by atoms with Crippen molar-refractivity contribution in [3.8, 4) is 0 Å². The van der Waals surface area contributed by atoms with Gasteiger partial charge in [0.1, 0.15) is 0 Å². The number of hydrogen-bond acceptors (Lipinski definition) is 3. The summed E-state index contributed by atoms with van der Waals surface area (Å²) in [5.74, 6) is 0. The summed E-state index contributed by atoms with van der Waals surface area (Å²) in [6.07, 6.45) is 4.94. The highest BCUT2D eigenvalue weighted by molar-refractivity contribution is 5.23. The molecule has 0 bridgehead atoms. The molecule has 0 fully saturated rings. The van der Waals surface area contributed by atoms with E-state index in [4.69, 9.17) is 9.47 Å². The van der Waals surface area contributed by atoms with E-state index in [1.165, 1.54) is 11.1 Å². The lowest BCUT2D eigenvalue weighted by Crippen LogP contribution is -2.12. The van der Waals surface area contributed by atoms with E-state index >= 15 is 0 Å². The van der Waals surface area contributed by atoms with Gasteiger partial charge in [0.15, 0.2) is 0 Å². The fourth-order valence-electron chi connectivity index (χ4n) is 2.22. The normalized spacial score (nSPS) is 12.5. The van der Waals surface area contributed by atoms with Gasteiger partial charge in [0.25, 0.3) is 0 Å². The van der Waals surface area contributed by atoms with Crippen molar-refractivity contribution < 1.29 is 9.47 Å². The minimum absolute atomic E-state index is 0.168. The van der Waals surface area contributed by atoms with Crippen molar-refractivity contribution in [3.05, 3.63) is 65.5 Å². The van der Waals surface area contributed by atoms with Crippen LogP contribution >= 0.6 is 0 Å². The molecule has 3 nitrogen and oxygen atoms in total. The molecule has 0 spiro atoms. The quantitative estimate of drug-likeness (QED) is 0.733. The third-order valence-electron chi connectivity index (χ3n) is 3.36. The first-order chi connectivity index (χ1) is 10.6. The van der Waals surface area contributed by atoms with Gasteiger partial charge in [-0.1, -0.05) is 30.3 Å². The summed E-state index contributed by atoms with van der Waals surface area (Å²) >= 11 is 0. The van der Waals surface area contributed by atoms with Crippen LogP contribution in [-0.4, -0.2) is 17.2 Å². The van der Waals surface area contributed by atoms with E-state index in [1.807, 2.05) is 18.3 Å². The van der Waals surface area contributed by atoms with E-state index in [2.05, 4.69) is 50.0 Å². The average molecular weight is 299 g/mol. The second kappa shape index (κ2) is 8.66. The largest absolute Gasteiger partial charge is 0.374 e. The van der Waals surface area contributed by atoms with Crippen LogP contribution in [0.1, 0.15) is 37.5 Å². The summed E-state index contributed by atoms with van der Waals surface area (Å²) in [7, 11) is 0. The van der Waals surface area contributed by atoms with Crippen LogP contribution in [0.4, 0.5) is 0 Å². The van der Waals surface area contributed by atoms with Crippen molar-refractivity contribution in [1.82, 2.24) is 4.98 Å². The molecule has 1 aromatic carbocycles. The molecule has 0 aliphatic heterocycles. The smallest absolute Gasteiger partial charge is 0.0735 e. The summed E-state index contributed by atoms with van der Waals surface area (Å²) in [4.78, 5) is 4.10. The van der Waals surface area contributed by atoms with Crippen LogP contribution in [0.2, 0.25) is 0 Å². The Bertz CT molecular complexity index is 554. The van der Waals surface area contributed by atoms with Crippen molar-refractivity contribution in [2.24, 2.45) is 0 Å². The first-order valence-corrected chi connectivity index (χ1v) is 7.83. The van der Waals surface area contributed by atoms with Gasteiger partial charge in [-0.05, 0) is 49.9 Å². The first kappa shape index (κ1) is 16.7. The zero-order valence-corrected chi connectivity index (χ0v) is 13.7. The zero-order chi connectivity index (χ0) is 15.8. The SMILES string of the molecule is CC(C)OCc1cccc(CC(C)OCc2cccnc2)c1. The highest BCUT2D eigenvalue weighted by Crippen LogP contribution is 2.12. The van der Waals surface area contributed by atoms with E-state index in [0.29, 0.717) is 13.2 Å². The maximum atomic E-state index is 5.90.